The van der Waals surface area contributed by atoms with Crippen LogP contribution in [0.2, 0.25) is 5.02 Å². The zero-order valence-electron chi connectivity index (χ0n) is 22.5. The zero-order valence-corrected chi connectivity index (χ0v) is 23.3. The molecule has 42 heavy (non-hydrogen) atoms. The highest BCUT2D eigenvalue weighted by atomic mass is 35.5. The fourth-order valence-corrected chi connectivity index (χ4v) is 6.42. The number of aliphatic carboxylic acids is 1. The summed E-state index contributed by atoms with van der Waals surface area (Å²) in [7, 11) is 1.52. The third-order valence-corrected chi connectivity index (χ3v) is 8.64. The molecule has 1 aromatic heterocycles. The van der Waals surface area contributed by atoms with E-state index in [1.165, 1.54) is 13.4 Å². The first-order chi connectivity index (χ1) is 20.4. The number of benzene rings is 4. The number of aromatic nitrogens is 3. The average Bonchev–Trinajstić information content (AvgIpc) is 3.38. The number of carboxylic acids is 1. The largest absolute Gasteiger partial charge is 0.496 e. The monoisotopic (exact) mass is 576 g/mol. The minimum absolute atomic E-state index is 0.0593. The van der Waals surface area contributed by atoms with Crippen LogP contribution in [0.15, 0.2) is 91.5 Å². The highest BCUT2D eigenvalue weighted by Crippen LogP contribution is 2.65. The van der Waals surface area contributed by atoms with Gasteiger partial charge < -0.3 is 15.2 Å². The van der Waals surface area contributed by atoms with E-state index < -0.39 is 11.4 Å². The van der Waals surface area contributed by atoms with Crippen molar-refractivity contribution < 1.29 is 19.4 Å². The molecule has 1 saturated carbocycles. The molecule has 1 spiro atoms. The van der Waals surface area contributed by atoms with E-state index in [0.29, 0.717) is 22.8 Å². The van der Waals surface area contributed by atoms with Crippen LogP contribution in [-0.4, -0.2) is 38.9 Å². The van der Waals surface area contributed by atoms with E-state index in [2.05, 4.69) is 27.5 Å². The molecule has 2 heterocycles. The van der Waals surface area contributed by atoms with Crippen LogP contribution in [0.25, 0.3) is 27.9 Å². The van der Waals surface area contributed by atoms with Crippen molar-refractivity contribution in [2.75, 3.05) is 12.4 Å². The van der Waals surface area contributed by atoms with Crippen LogP contribution >= 0.6 is 11.6 Å². The van der Waals surface area contributed by atoms with Crippen molar-refractivity contribution in [1.29, 1.82) is 0 Å². The summed E-state index contributed by atoms with van der Waals surface area (Å²) in [5.41, 5.74) is 7.31. The Bertz CT molecular complexity index is 1850. The summed E-state index contributed by atoms with van der Waals surface area (Å²) in [6, 6.07) is 25.7. The summed E-state index contributed by atoms with van der Waals surface area (Å²) in [4.78, 5) is 28.8. The minimum Gasteiger partial charge on any atom is -0.496 e. The molecule has 1 fully saturated rings. The number of nitrogens with one attached hydrogen (secondary N) is 1. The first kappa shape index (κ1) is 26.0. The summed E-state index contributed by atoms with van der Waals surface area (Å²) in [6.45, 7) is 0. The molecule has 1 aliphatic heterocycles. The van der Waals surface area contributed by atoms with E-state index in [-0.39, 0.29) is 18.2 Å². The maximum Gasteiger partial charge on any atom is 0.307 e. The molecule has 9 heteroatoms. The standard InChI is InChI=1S/C33H25ClN4O4/c1-42-30-11-8-22(12-23(30)13-31(39)40)27-16-33(27)26-14-25(28(34)15-29(26)37-32(33)41)21-4-2-19(3-5-21)20-6-9-24(10-7-20)38-18-35-17-36-38/h2-12,14-15,17-18,27H,13,16H2,1H3,(H,37,41)(H,39,40). The lowest BCUT2D eigenvalue weighted by atomic mass is 9.89. The normalized spacial score (nSPS) is 18.5. The second kappa shape index (κ2) is 9.85. The number of hydrogen-bond donors (Lipinski definition) is 2. The number of amides is 1. The smallest absolute Gasteiger partial charge is 0.307 e. The van der Waals surface area contributed by atoms with Gasteiger partial charge in [0.25, 0.3) is 0 Å². The molecule has 2 atom stereocenters. The number of carbonyl (C=O) groups is 2. The SMILES string of the molecule is COc1ccc(C2CC23C(=O)Nc2cc(Cl)c(-c4ccc(-c5ccc(-n6cncn6)cc5)cc4)cc23)cc1CC(=O)O. The van der Waals surface area contributed by atoms with Gasteiger partial charge in [-0.05, 0) is 64.6 Å². The maximum absolute atomic E-state index is 13.4. The predicted octanol–water partition coefficient (Wildman–Crippen LogP) is 6.27. The van der Waals surface area contributed by atoms with Gasteiger partial charge in [-0.3, -0.25) is 9.59 Å². The van der Waals surface area contributed by atoms with E-state index in [4.69, 9.17) is 16.3 Å². The number of anilines is 1. The molecule has 208 valence electrons. The number of halogens is 1. The number of carbonyl (C=O) groups excluding carboxylic acids is 1. The van der Waals surface area contributed by atoms with Crippen LogP contribution in [0.1, 0.15) is 29.0 Å². The van der Waals surface area contributed by atoms with Crippen LogP contribution in [0.3, 0.4) is 0 Å². The molecule has 0 bridgehead atoms. The van der Waals surface area contributed by atoms with Gasteiger partial charge in [0, 0.05) is 22.7 Å². The van der Waals surface area contributed by atoms with Crippen molar-refractivity contribution in [2.45, 2.75) is 24.2 Å². The van der Waals surface area contributed by atoms with Gasteiger partial charge in [-0.25, -0.2) is 9.67 Å². The Morgan fingerprint density at radius 1 is 1.05 bits per heavy atom. The van der Waals surface area contributed by atoms with Crippen molar-refractivity contribution in [1.82, 2.24) is 14.8 Å². The molecular formula is C33H25ClN4O4. The molecule has 8 nitrogen and oxygen atoms in total. The van der Waals surface area contributed by atoms with Gasteiger partial charge in [0.2, 0.25) is 5.91 Å². The van der Waals surface area contributed by atoms with Gasteiger partial charge in [0.15, 0.2) is 0 Å². The minimum atomic E-state index is -0.936. The lowest BCUT2D eigenvalue weighted by Gasteiger charge is -2.14. The topological polar surface area (TPSA) is 106 Å². The molecule has 5 aromatic rings. The number of fused-ring (bicyclic) bond motifs is 2. The first-order valence-electron chi connectivity index (χ1n) is 13.5. The Balaban J connectivity index is 1.19. The van der Waals surface area contributed by atoms with Crippen LogP contribution in [-0.2, 0) is 21.4 Å². The number of rotatable bonds is 7. The Labute approximate surface area is 246 Å². The molecule has 2 unspecified atom stereocenters. The fourth-order valence-electron chi connectivity index (χ4n) is 6.14. The maximum atomic E-state index is 13.4. The highest BCUT2D eigenvalue weighted by molar-refractivity contribution is 6.34. The molecule has 0 saturated heterocycles. The number of nitrogens with zero attached hydrogens (tertiary/aromatic N) is 3. The molecule has 1 amide bonds. The fraction of sp³-hybridized carbons (Fsp3) is 0.152. The van der Waals surface area contributed by atoms with E-state index in [9.17, 15) is 14.7 Å². The van der Waals surface area contributed by atoms with E-state index >= 15 is 0 Å². The molecule has 1 aliphatic carbocycles. The quantitative estimate of drug-likeness (QED) is 0.237. The summed E-state index contributed by atoms with van der Waals surface area (Å²) in [5, 5.41) is 17.1. The zero-order chi connectivity index (χ0) is 29.0. The predicted molar refractivity (Wildman–Crippen MR) is 159 cm³/mol. The van der Waals surface area contributed by atoms with Crippen LogP contribution in [0, 0.1) is 0 Å². The number of methoxy groups -OCH3 is 1. The van der Waals surface area contributed by atoms with Crippen LogP contribution in [0.4, 0.5) is 5.69 Å². The van der Waals surface area contributed by atoms with Crippen molar-refractivity contribution >= 4 is 29.2 Å². The van der Waals surface area contributed by atoms with Crippen LogP contribution < -0.4 is 10.1 Å². The van der Waals surface area contributed by atoms with Crippen molar-refractivity contribution in [3.05, 3.63) is 113 Å². The van der Waals surface area contributed by atoms with E-state index in [0.717, 1.165) is 44.8 Å². The van der Waals surface area contributed by atoms with Crippen molar-refractivity contribution in [3.63, 3.8) is 0 Å². The second-order valence-electron chi connectivity index (χ2n) is 10.7. The first-order valence-corrected chi connectivity index (χ1v) is 13.8. The van der Waals surface area contributed by atoms with Crippen LogP contribution in [0.5, 0.6) is 5.75 Å². The van der Waals surface area contributed by atoms with Gasteiger partial charge in [-0.1, -0.05) is 60.1 Å². The van der Waals surface area contributed by atoms with Gasteiger partial charge in [-0.2, -0.15) is 5.10 Å². The summed E-state index contributed by atoms with van der Waals surface area (Å²) in [6.07, 6.45) is 3.65. The van der Waals surface area contributed by atoms with Gasteiger partial charge in [0.05, 0.1) is 29.7 Å². The Morgan fingerprint density at radius 3 is 2.43 bits per heavy atom. The molecule has 2 N–H and O–H groups in total. The average molecular weight is 577 g/mol. The van der Waals surface area contributed by atoms with Crippen molar-refractivity contribution in [2.24, 2.45) is 0 Å². The van der Waals surface area contributed by atoms with Gasteiger partial charge in [-0.15, -0.1) is 0 Å². The third-order valence-electron chi connectivity index (χ3n) is 8.33. The third kappa shape index (κ3) is 4.23. The van der Waals surface area contributed by atoms with Gasteiger partial charge >= 0.3 is 5.97 Å². The summed E-state index contributed by atoms with van der Waals surface area (Å²) in [5.74, 6) is -0.546. The number of carboxylic acid groups (broad SMARTS) is 1. The molecule has 2 aliphatic rings. The Kier molecular flexibility index (Phi) is 6.09. The van der Waals surface area contributed by atoms with Gasteiger partial charge in [0.1, 0.15) is 18.4 Å². The lowest BCUT2D eigenvalue weighted by molar-refractivity contribution is -0.136. The summed E-state index contributed by atoms with van der Waals surface area (Å²) < 4.78 is 7.08. The Hall–Kier alpha value is -4.95. The highest BCUT2D eigenvalue weighted by Gasteiger charge is 2.65. The number of hydrogen-bond acceptors (Lipinski definition) is 5. The van der Waals surface area contributed by atoms with E-state index in [1.807, 2.05) is 60.7 Å². The van der Waals surface area contributed by atoms with E-state index in [1.54, 1.807) is 17.1 Å². The summed E-state index contributed by atoms with van der Waals surface area (Å²) >= 11 is 6.75. The second-order valence-corrected chi connectivity index (χ2v) is 11.1. The number of ether oxygens (including phenoxy) is 1. The molecule has 0 radical (unpaired) electrons. The molecular weight excluding hydrogens is 552 g/mol. The molecule has 7 rings (SSSR count). The Morgan fingerprint density at radius 2 is 1.76 bits per heavy atom. The van der Waals surface area contributed by atoms with Crippen molar-refractivity contribution in [3.8, 4) is 33.7 Å². The lowest BCUT2D eigenvalue weighted by Crippen LogP contribution is -2.21. The molecule has 4 aromatic carbocycles.